The lowest BCUT2D eigenvalue weighted by atomic mass is 9.85. The van der Waals surface area contributed by atoms with Gasteiger partial charge in [0.1, 0.15) is 0 Å². The Morgan fingerprint density at radius 2 is 2.00 bits per heavy atom. The summed E-state index contributed by atoms with van der Waals surface area (Å²) in [5.74, 6) is 0.116. The van der Waals surface area contributed by atoms with Gasteiger partial charge in [-0.05, 0) is 42.8 Å². The highest BCUT2D eigenvalue weighted by Gasteiger charge is 2.29. The fourth-order valence-corrected chi connectivity index (χ4v) is 3.54. The van der Waals surface area contributed by atoms with Crippen LogP contribution in [0.5, 0.6) is 0 Å². The van der Waals surface area contributed by atoms with E-state index in [0.717, 1.165) is 19.5 Å². The fourth-order valence-electron chi connectivity index (χ4n) is 3.54. The van der Waals surface area contributed by atoms with Crippen LogP contribution in [-0.4, -0.2) is 37.4 Å². The van der Waals surface area contributed by atoms with Crippen molar-refractivity contribution in [2.24, 2.45) is 0 Å². The van der Waals surface area contributed by atoms with Crippen LogP contribution in [-0.2, 0) is 0 Å². The first kappa shape index (κ1) is 15.5. The highest BCUT2D eigenvalue weighted by Crippen LogP contribution is 2.27. The molecule has 3 nitrogen and oxygen atoms in total. The van der Waals surface area contributed by atoms with Crippen molar-refractivity contribution in [1.29, 1.82) is 0 Å². The van der Waals surface area contributed by atoms with E-state index < -0.39 is 0 Å². The molecule has 0 radical (unpaired) electrons. The van der Waals surface area contributed by atoms with Crippen molar-refractivity contribution in [3.05, 3.63) is 48.0 Å². The minimum Gasteiger partial charge on any atom is -0.391 e. The van der Waals surface area contributed by atoms with Gasteiger partial charge >= 0.3 is 0 Å². The van der Waals surface area contributed by atoms with Gasteiger partial charge in [-0.1, -0.05) is 48.9 Å². The number of piperidine rings is 1. The highest BCUT2D eigenvalue weighted by atomic mass is 16.3. The van der Waals surface area contributed by atoms with E-state index in [0.29, 0.717) is 0 Å². The summed E-state index contributed by atoms with van der Waals surface area (Å²) in [6.45, 7) is 1.81. The Labute approximate surface area is 132 Å². The van der Waals surface area contributed by atoms with Gasteiger partial charge in [0, 0.05) is 18.5 Å². The first-order valence-electron chi connectivity index (χ1n) is 8.34. The van der Waals surface area contributed by atoms with Crippen molar-refractivity contribution < 1.29 is 5.11 Å². The van der Waals surface area contributed by atoms with Gasteiger partial charge in [0.15, 0.2) is 0 Å². The van der Waals surface area contributed by atoms with Crippen LogP contribution in [0.3, 0.4) is 0 Å². The number of nitrogens with one attached hydrogen (secondary N) is 2. The zero-order valence-corrected chi connectivity index (χ0v) is 13.3. The molecule has 2 aromatic rings. The monoisotopic (exact) mass is 298 g/mol. The Kier molecular flexibility index (Phi) is 5.08. The van der Waals surface area contributed by atoms with E-state index in [2.05, 4.69) is 53.1 Å². The summed E-state index contributed by atoms with van der Waals surface area (Å²) < 4.78 is 0. The molecule has 1 aliphatic rings. The lowest BCUT2D eigenvalue weighted by Gasteiger charge is -2.33. The van der Waals surface area contributed by atoms with Crippen molar-refractivity contribution in [3.8, 4) is 0 Å². The highest BCUT2D eigenvalue weighted by molar-refractivity contribution is 5.83. The molecule has 2 aromatic carbocycles. The summed E-state index contributed by atoms with van der Waals surface area (Å²) in [6, 6.07) is 15.2. The molecule has 118 valence electrons. The second-order valence-corrected chi connectivity index (χ2v) is 6.32. The maximum absolute atomic E-state index is 10.9. The predicted molar refractivity (Wildman–Crippen MR) is 92.3 cm³/mol. The average Bonchev–Trinajstić information content (AvgIpc) is 2.59. The summed E-state index contributed by atoms with van der Waals surface area (Å²) in [7, 11) is 1.95. The molecule has 3 N–H and O–H groups in total. The summed E-state index contributed by atoms with van der Waals surface area (Å²) >= 11 is 0. The molecule has 1 saturated heterocycles. The summed E-state index contributed by atoms with van der Waals surface area (Å²) in [4.78, 5) is 0. The zero-order valence-electron chi connectivity index (χ0n) is 13.3. The molecule has 1 unspecified atom stereocenters. The number of hydrogen-bond acceptors (Lipinski definition) is 3. The molecule has 3 atom stereocenters. The van der Waals surface area contributed by atoms with Gasteiger partial charge in [-0.15, -0.1) is 0 Å². The maximum atomic E-state index is 10.9. The van der Waals surface area contributed by atoms with E-state index in [4.69, 9.17) is 0 Å². The van der Waals surface area contributed by atoms with Crippen molar-refractivity contribution in [2.45, 2.75) is 37.3 Å². The number of benzene rings is 2. The van der Waals surface area contributed by atoms with E-state index >= 15 is 0 Å². The minimum absolute atomic E-state index is 0.116. The number of aliphatic hydroxyl groups excluding tert-OH is 1. The van der Waals surface area contributed by atoms with E-state index in [1.165, 1.54) is 29.2 Å². The molecule has 22 heavy (non-hydrogen) atoms. The minimum atomic E-state index is -0.353. The van der Waals surface area contributed by atoms with E-state index in [1.54, 1.807) is 0 Å². The first-order chi connectivity index (χ1) is 10.8. The number of hydrogen-bond donors (Lipinski definition) is 3. The molecule has 1 aliphatic heterocycles. The molecule has 0 bridgehead atoms. The third-order valence-corrected chi connectivity index (χ3v) is 4.80. The van der Waals surface area contributed by atoms with Crippen LogP contribution in [0.1, 0.15) is 30.7 Å². The van der Waals surface area contributed by atoms with Crippen LogP contribution in [0.2, 0.25) is 0 Å². The normalized spacial score (nSPS) is 21.6. The van der Waals surface area contributed by atoms with Crippen molar-refractivity contribution in [2.75, 3.05) is 20.1 Å². The molecule has 1 heterocycles. The molecule has 0 aliphatic carbocycles. The van der Waals surface area contributed by atoms with Crippen LogP contribution in [0.25, 0.3) is 10.8 Å². The molecule has 0 saturated carbocycles. The third kappa shape index (κ3) is 3.32. The van der Waals surface area contributed by atoms with E-state index in [-0.39, 0.29) is 18.1 Å². The van der Waals surface area contributed by atoms with Gasteiger partial charge in [0.25, 0.3) is 0 Å². The largest absolute Gasteiger partial charge is 0.391 e. The van der Waals surface area contributed by atoms with Crippen molar-refractivity contribution in [1.82, 2.24) is 10.6 Å². The maximum Gasteiger partial charge on any atom is 0.0773 e. The van der Waals surface area contributed by atoms with Gasteiger partial charge in [0.2, 0.25) is 0 Å². The van der Waals surface area contributed by atoms with Crippen LogP contribution in [0, 0.1) is 0 Å². The Morgan fingerprint density at radius 1 is 1.18 bits per heavy atom. The molecule has 1 fully saturated rings. The predicted octanol–water partition coefficient (Wildman–Crippen LogP) is 2.65. The number of rotatable bonds is 5. The Balaban J connectivity index is 1.87. The topological polar surface area (TPSA) is 44.3 Å². The summed E-state index contributed by atoms with van der Waals surface area (Å²) in [5.41, 5.74) is 1.22. The number of likely N-dealkylation sites (N-methyl/N-ethyl adjacent to an activating group) is 1. The molecule has 0 aromatic heterocycles. The standard InChI is InChI=1S/C19H26N2O/c1-20-13-17(19(22)18-8-4-5-11-21-18)16-10-9-14-6-2-3-7-15(14)12-16/h2-3,6-7,9-10,12,17-22H,4-5,8,11,13H2,1H3/t17-,18?,19-/m0/s1. The van der Waals surface area contributed by atoms with Crippen LogP contribution < -0.4 is 10.6 Å². The van der Waals surface area contributed by atoms with Gasteiger partial charge in [-0.2, -0.15) is 0 Å². The Hall–Kier alpha value is -1.42. The van der Waals surface area contributed by atoms with E-state index in [9.17, 15) is 5.11 Å². The van der Waals surface area contributed by atoms with Gasteiger partial charge in [0.05, 0.1) is 6.10 Å². The number of fused-ring (bicyclic) bond motifs is 1. The number of aliphatic hydroxyl groups is 1. The van der Waals surface area contributed by atoms with Gasteiger partial charge < -0.3 is 15.7 Å². The molecule has 0 spiro atoms. The van der Waals surface area contributed by atoms with Crippen LogP contribution in [0.15, 0.2) is 42.5 Å². The summed E-state index contributed by atoms with van der Waals surface area (Å²) in [6.07, 6.45) is 3.14. The van der Waals surface area contributed by atoms with Crippen LogP contribution >= 0.6 is 0 Å². The Bertz CT molecular complexity index is 607. The second-order valence-electron chi connectivity index (χ2n) is 6.32. The SMILES string of the molecule is CNC[C@@H](c1ccc2ccccc2c1)[C@H](O)C1CCCCN1. The van der Waals surface area contributed by atoms with E-state index in [1.807, 2.05) is 7.05 Å². The molecular weight excluding hydrogens is 272 g/mol. The fraction of sp³-hybridized carbons (Fsp3) is 0.474. The van der Waals surface area contributed by atoms with Gasteiger partial charge in [-0.3, -0.25) is 0 Å². The smallest absolute Gasteiger partial charge is 0.0773 e. The summed E-state index contributed by atoms with van der Waals surface area (Å²) in [5, 5.41) is 20.1. The quantitative estimate of drug-likeness (QED) is 0.795. The van der Waals surface area contributed by atoms with Crippen LogP contribution in [0.4, 0.5) is 0 Å². The molecule has 3 heteroatoms. The molecule has 3 rings (SSSR count). The third-order valence-electron chi connectivity index (χ3n) is 4.80. The average molecular weight is 298 g/mol. The Morgan fingerprint density at radius 3 is 2.73 bits per heavy atom. The van der Waals surface area contributed by atoms with Gasteiger partial charge in [-0.25, -0.2) is 0 Å². The lowest BCUT2D eigenvalue weighted by molar-refractivity contribution is 0.0868. The molecular formula is C19H26N2O. The van der Waals surface area contributed by atoms with Crippen molar-refractivity contribution >= 4 is 10.8 Å². The lowest BCUT2D eigenvalue weighted by Crippen LogP contribution is -2.47. The zero-order chi connectivity index (χ0) is 15.4. The van der Waals surface area contributed by atoms with Crippen molar-refractivity contribution in [3.63, 3.8) is 0 Å². The second kappa shape index (κ2) is 7.23. The molecule has 0 amide bonds. The first-order valence-corrected chi connectivity index (χ1v) is 8.34.